The maximum Gasteiger partial charge on any atom is 0.137 e. The number of aliphatic hydroxyl groups is 1. The molecule has 0 bridgehead atoms. The molecule has 0 spiro atoms. The Hall–Kier alpha value is -0.770. The second-order valence-electron chi connectivity index (χ2n) is 4.87. The molecule has 1 aromatic rings. The summed E-state index contributed by atoms with van der Waals surface area (Å²) in [6.07, 6.45) is 3.88. The summed E-state index contributed by atoms with van der Waals surface area (Å²) in [4.78, 5) is 0. The van der Waals surface area contributed by atoms with Gasteiger partial charge in [0.25, 0.3) is 0 Å². The van der Waals surface area contributed by atoms with Crippen LogP contribution in [0.3, 0.4) is 0 Å². The van der Waals surface area contributed by atoms with Crippen molar-refractivity contribution < 1.29 is 9.84 Å². The molecule has 0 heterocycles. The van der Waals surface area contributed by atoms with Gasteiger partial charge >= 0.3 is 0 Å². The summed E-state index contributed by atoms with van der Waals surface area (Å²) >= 11 is 6.08. The first kappa shape index (κ1) is 13.7. The van der Waals surface area contributed by atoms with Crippen LogP contribution in [0.5, 0.6) is 5.75 Å². The lowest BCUT2D eigenvalue weighted by atomic mass is 9.93. The molecule has 2 rings (SSSR count). The Labute approximate surface area is 113 Å². The van der Waals surface area contributed by atoms with Crippen LogP contribution in [-0.4, -0.2) is 24.4 Å². The molecule has 1 aromatic carbocycles. The van der Waals surface area contributed by atoms with E-state index in [2.05, 4.69) is 5.32 Å². The van der Waals surface area contributed by atoms with Crippen LogP contribution in [0.15, 0.2) is 18.2 Å². The predicted octanol–water partition coefficient (Wildman–Crippen LogP) is 2.74. The van der Waals surface area contributed by atoms with Gasteiger partial charge in [-0.1, -0.05) is 17.7 Å². The molecule has 0 aliphatic heterocycles. The second-order valence-corrected chi connectivity index (χ2v) is 5.27. The highest BCUT2D eigenvalue weighted by molar-refractivity contribution is 6.32. The van der Waals surface area contributed by atoms with Gasteiger partial charge in [-0.3, -0.25) is 0 Å². The molecule has 0 saturated heterocycles. The average molecular weight is 270 g/mol. The Morgan fingerprint density at radius 2 is 2.28 bits per heavy atom. The number of hydrogen-bond acceptors (Lipinski definition) is 3. The van der Waals surface area contributed by atoms with Gasteiger partial charge in [0.1, 0.15) is 5.75 Å². The van der Waals surface area contributed by atoms with E-state index in [-0.39, 0.29) is 6.10 Å². The summed E-state index contributed by atoms with van der Waals surface area (Å²) in [5.41, 5.74) is 1.14. The molecule has 2 N–H and O–H groups in total. The molecule has 2 atom stereocenters. The monoisotopic (exact) mass is 269 g/mol. The van der Waals surface area contributed by atoms with Gasteiger partial charge in [0, 0.05) is 12.6 Å². The first-order chi connectivity index (χ1) is 8.69. The van der Waals surface area contributed by atoms with Crippen molar-refractivity contribution in [3.8, 4) is 5.75 Å². The smallest absolute Gasteiger partial charge is 0.137 e. The Balaban J connectivity index is 1.88. The molecule has 1 fully saturated rings. The fraction of sp³-hybridized carbons (Fsp3) is 0.571. The zero-order valence-corrected chi connectivity index (χ0v) is 11.4. The summed E-state index contributed by atoms with van der Waals surface area (Å²) in [5, 5.41) is 13.7. The highest BCUT2D eigenvalue weighted by Gasteiger charge is 2.19. The van der Waals surface area contributed by atoms with Gasteiger partial charge in [0.05, 0.1) is 18.2 Å². The zero-order valence-electron chi connectivity index (χ0n) is 10.7. The van der Waals surface area contributed by atoms with Crippen molar-refractivity contribution in [2.24, 2.45) is 0 Å². The van der Waals surface area contributed by atoms with Crippen molar-refractivity contribution in [1.29, 1.82) is 0 Å². The van der Waals surface area contributed by atoms with Crippen molar-refractivity contribution in [1.82, 2.24) is 5.32 Å². The summed E-state index contributed by atoms with van der Waals surface area (Å²) in [5.74, 6) is 0.702. The molecule has 100 valence electrons. The van der Waals surface area contributed by atoms with Crippen LogP contribution < -0.4 is 10.1 Å². The third-order valence-corrected chi connectivity index (χ3v) is 3.75. The lowest BCUT2D eigenvalue weighted by Crippen LogP contribution is -2.35. The van der Waals surface area contributed by atoms with E-state index in [1.807, 2.05) is 18.2 Å². The molecule has 18 heavy (non-hydrogen) atoms. The molecule has 1 saturated carbocycles. The van der Waals surface area contributed by atoms with E-state index in [9.17, 15) is 5.11 Å². The van der Waals surface area contributed by atoms with Gasteiger partial charge in [-0.2, -0.15) is 0 Å². The SMILES string of the molecule is COc1ccc(CNC2CCCC(O)C2)cc1Cl. The van der Waals surface area contributed by atoms with Gasteiger partial charge < -0.3 is 15.2 Å². The van der Waals surface area contributed by atoms with E-state index in [0.717, 1.165) is 37.8 Å². The molecule has 0 amide bonds. The number of aliphatic hydroxyl groups excluding tert-OH is 1. The molecule has 1 aliphatic rings. The number of benzene rings is 1. The first-order valence-corrected chi connectivity index (χ1v) is 6.80. The molecule has 4 heteroatoms. The van der Waals surface area contributed by atoms with Crippen LogP contribution in [0, 0.1) is 0 Å². The minimum absolute atomic E-state index is 0.143. The quantitative estimate of drug-likeness (QED) is 0.883. The van der Waals surface area contributed by atoms with Crippen molar-refractivity contribution in [3.05, 3.63) is 28.8 Å². The highest BCUT2D eigenvalue weighted by Crippen LogP contribution is 2.25. The van der Waals surface area contributed by atoms with E-state index in [0.29, 0.717) is 16.8 Å². The van der Waals surface area contributed by atoms with Crippen LogP contribution in [0.25, 0.3) is 0 Å². The maximum atomic E-state index is 9.61. The van der Waals surface area contributed by atoms with Crippen LogP contribution in [0.2, 0.25) is 5.02 Å². The summed E-state index contributed by atoms with van der Waals surface area (Å²) in [7, 11) is 1.61. The first-order valence-electron chi connectivity index (χ1n) is 6.43. The average Bonchev–Trinajstić information content (AvgIpc) is 2.37. The van der Waals surface area contributed by atoms with Crippen LogP contribution in [0.4, 0.5) is 0 Å². The van der Waals surface area contributed by atoms with Gasteiger partial charge in [0.15, 0.2) is 0 Å². The number of halogens is 1. The van der Waals surface area contributed by atoms with E-state index in [4.69, 9.17) is 16.3 Å². The summed E-state index contributed by atoms with van der Waals surface area (Å²) in [6.45, 7) is 0.779. The third-order valence-electron chi connectivity index (χ3n) is 3.46. The lowest BCUT2D eigenvalue weighted by Gasteiger charge is -2.26. The second kappa shape index (κ2) is 6.41. The Morgan fingerprint density at radius 3 is 2.94 bits per heavy atom. The number of nitrogens with one attached hydrogen (secondary N) is 1. The minimum atomic E-state index is -0.143. The van der Waals surface area contributed by atoms with Crippen molar-refractivity contribution >= 4 is 11.6 Å². The van der Waals surface area contributed by atoms with Crippen LogP contribution in [-0.2, 0) is 6.54 Å². The van der Waals surface area contributed by atoms with E-state index >= 15 is 0 Å². The van der Waals surface area contributed by atoms with Gasteiger partial charge in [0.2, 0.25) is 0 Å². The normalized spacial score (nSPS) is 23.9. The van der Waals surface area contributed by atoms with E-state index in [1.165, 1.54) is 0 Å². The topological polar surface area (TPSA) is 41.5 Å². The Bertz CT molecular complexity index is 397. The molecule has 0 radical (unpaired) electrons. The molecular formula is C14H20ClNO2. The minimum Gasteiger partial charge on any atom is -0.495 e. The molecule has 0 aromatic heterocycles. The third kappa shape index (κ3) is 3.61. The van der Waals surface area contributed by atoms with Crippen molar-refractivity contribution in [3.63, 3.8) is 0 Å². The molecule has 1 aliphatic carbocycles. The fourth-order valence-electron chi connectivity index (χ4n) is 2.43. The highest BCUT2D eigenvalue weighted by atomic mass is 35.5. The number of hydrogen-bond donors (Lipinski definition) is 2. The number of rotatable bonds is 4. The van der Waals surface area contributed by atoms with Gasteiger partial charge in [-0.15, -0.1) is 0 Å². The number of methoxy groups -OCH3 is 1. The maximum absolute atomic E-state index is 9.61. The van der Waals surface area contributed by atoms with Crippen molar-refractivity contribution in [2.75, 3.05) is 7.11 Å². The zero-order chi connectivity index (χ0) is 13.0. The van der Waals surface area contributed by atoms with E-state index < -0.39 is 0 Å². The van der Waals surface area contributed by atoms with Crippen LogP contribution in [0.1, 0.15) is 31.2 Å². The number of ether oxygens (including phenoxy) is 1. The van der Waals surface area contributed by atoms with Gasteiger partial charge in [-0.05, 0) is 43.4 Å². The molecule has 2 unspecified atom stereocenters. The van der Waals surface area contributed by atoms with E-state index in [1.54, 1.807) is 7.11 Å². The van der Waals surface area contributed by atoms with Gasteiger partial charge in [-0.25, -0.2) is 0 Å². The van der Waals surface area contributed by atoms with Crippen LogP contribution >= 0.6 is 11.6 Å². The molecular weight excluding hydrogens is 250 g/mol. The predicted molar refractivity (Wildman–Crippen MR) is 73.1 cm³/mol. The lowest BCUT2D eigenvalue weighted by molar-refractivity contribution is 0.111. The summed E-state index contributed by atoms with van der Waals surface area (Å²) < 4.78 is 5.12. The fourth-order valence-corrected chi connectivity index (χ4v) is 2.71. The molecule has 3 nitrogen and oxygen atoms in total. The largest absolute Gasteiger partial charge is 0.495 e. The van der Waals surface area contributed by atoms with Crippen molar-refractivity contribution in [2.45, 2.75) is 44.4 Å². The standard InChI is InChI=1S/C14H20ClNO2/c1-18-14-6-5-10(7-13(14)15)9-16-11-3-2-4-12(17)8-11/h5-7,11-12,16-17H,2-4,8-9H2,1H3. The summed E-state index contributed by atoms with van der Waals surface area (Å²) in [6, 6.07) is 6.23. The Kier molecular flexibility index (Phi) is 4.87. The Morgan fingerprint density at radius 1 is 1.44 bits per heavy atom.